The van der Waals surface area contributed by atoms with Crippen LogP contribution in [0.1, 0.15) is 21.5 Å². The quantitative estimate of drug-likeness (QED) is 0.395. The highest BCUT2D eigenvalue weighted by molar-refractivity contribution is 7.99. The Morgan fingerprint density at radius 2 is 2.00 bits per heavy atom. The van der Waals surface area contributed by atoms with Gasteiger partial charge in [-0.05, 0) is 41.8 Å². The van der Waals surface area contributed by atoms with E-state index in [-0.39, 0.29) is 5.91 Å². The van der Waals surface area contributed by atoms with Crippen LogP contribution in [0.15, 0.2) is 47.6 Å². The summed E-state index contributed by atoms with van der Waals surface area (Å²) in [6.45, 7) is 2.44. The van der Waals surface area contributed by atoms with Crippen LogP contribution in [0, 0.1) is 12.3 Å². The second-order valence-electron chi connectivity index (χ2n) is 7.76. The van der Waals surface area contributed by atoms with Crippen LogP contribution >= 0.6 is 35.0 Å². The lowest BCUT2D eigenvalue weighted by molar-refractivity contribution is 0.0985. The number of aromatic nitrogens is 2. The zero-order valence-corrected chi connectivity index (χ0v) is 19.8. The third kappa shape index (κ3) is 4.40. The van der Waals surface area contributed by atoms with Crippen LogP contribution in [-0.2, 0) is 13.0 Å². The van der Waals surface area contributed by atoms with E-state index in [0.717, 1.165) is 25.2 Å². The van der Waals surface area contributed by atoms with Gasteiger partial charge in [-0.1, -0.05) is 53.0 Å². The summed E-state index contributed by atoms with van der Waals surface area (Å²) in [5, 5.41) is 4.73. The average Bonchev–Trinajstić information content (AvgIpc) is 2.80. The van der Waals surface area contributed by atoms with E-state index < -0.39 is 0 Å². The predicted molar refractivity (Wildman–Crippen MR) is 134 cm³/mol. The van der Waals surface area contributed by atoms with Crippen LogP contribution in [0.25, 0.3) is 0 Å². The summed E-state index contributed by atoms with van der Waals surface area (Å²) in [6.07, 6.45) is 8.00. The van der Waals surface area contributed by atoms with Gasteiger partial charge in [0.05, 0.1) is 33.7 Å². The van der Waals surface area contributed by atoms with Gasteiger partial charge in [0.2, 0.25) is 5.95 Å². The molecular weight excluding hydrogens is 477 g/mol. The van der Waals surface area contributed by atoms with Crippen molar-refractivity contribution in [1.29, 1.82) is 0 Å². The summed E-state index contributed by atoms with van der Waals surface area (Å²) >= 11 is 14.0. The van der Waals surface area contributed by atoms with E-state index in [1.54, 1.807) is 29.3 Å². The minimum Gasteiger partial charge on any atom is -0.324 e. The summed E-state index contributed by atoms with van der Waals surface area (Å²) in [4.78, 5) is 25.9. The number of para-hydroxylation sites is 1. The number of halogens is 2. The summed E-state index contributed by atoms with van der Waals surface area (Å²) in [6, 6.07) is 11.4. The first-order valence-electron chi connectivity index (χ1n) is 10.3. The Balaban J connectivity index is 1.36. The Hall–Kier alpha value is -2.76. The number of nitrogens with zero attached hydrogens (tertiary/aromatic N) is 4. The lowest BCUT2D eigenvalue weighted by Crippen LogP contribution is -2.35. The molecular formula is C24H19Cl2N5OS. The molecule has 0 atom stereocenters. The van der Waals surface area contributed by atoms with Crippen LogP contribution in [0.4, 0.5) is 17.3 Å². The number of anilines is 3. The van der Waals surface area contributed by atoms with E-state index in [0.29, 0.717) is 44.7 Å². The van der Waals surface area contributed by atoms with Crippen LogP contribution in [0.3, 0.4) is 0 Å². The zero-order valence-electron chi connectivity index (χ0n) is 17.5. The molecule has 1 N–H and O–H groups in total. The summed E-state index contributed by atoms with van der Waals surface area (Å²) in [7, 11) is 0. The van der Waals surface area contributed by atoms with E-state index in [1.165, 1.54) is 22.9 Å². The highest BCUT2D eigenvalue weighted by Gasteiger charge is 2.30. The molecule has 0 saturated heterocycles. The van der Waals surface area contributed by atoms with Gasteiger partial charge in [-0.3, -0.25) is 14.6 Å². The summed E-state index contributed by atoms with van der Waals surface area (Å²) < 4.78 is 0. The maximum Gasteiger partial charge on any atom is 0.263 e. The smallest absolute Gasteiger partial charge is 0.263 e. The van der Waals surface area contributed by atoms with E-state index in [9.17, 15) is 4.79 Å². The van der Waals surface area contributed by atoms with Crippen molar-refractivity contribution < 1.29 is 4.79 Å². The monoisotopic (exact) mass is 495 g/mol. The van der Waals surface area contributed by atoms with Crippen molar-refractivity contribution in [1.82, 2.24) is 14.9 Å². The van der Waals surface area contributed by atoms with Crippen LogP contribution in [0.5, 0.6) is 0 Å². The number of amides is 1. The van der Waals surface area contributed by atoms with Gasteiger partial charge >= 0.3 is 0 Å². The minimum atomic E-state index is -0.229. The summed E-state index contributed by atoms with van der Waals surface area (Å²) in [5.74, 6) is 3.28. The Morgan fingerprint density at radius 1 is 1.18 bits per heavy atom. The van der Waals surface area contributed by atoms with E-state index in [1.807, 2.05) is 6.07 Å². The molecule has 9 heteroatoms. The first-order valence-corrected chi connectivity index (χ1v) is 12.1. The van der Waals surface area contributed by atoms with Crippen LogP contribution in [0.2, 0.25) is 10.0 Å². The third-order valence-electron chi connectivity index (χ3n) is 5.64. The molecule has 33 heavy (non-hydrogen) atoms. The maximum atomic E-state index is 13.1. The molecule has 0 fully saturated rings. The molecule has 6 nitrogen and oxygen atoms in total. The molecule has 2 aromatic carbocycles. The molecule has 2 aliphatic heterocycles. The number of nitrogens with one attached hydrogen (secondary N) is 1. The van der Waals surface area contributed by atoms with Gasteiger partial charge in [0.15, 0.2) is 0 Å². The topological polar surface area (TPSA) is 61.4 Å². The number of benzene rings is 2. The summed E-state index contributed by atoms with van der Waals surface area (Å²) in [5.41, 5.74) is 4.39. The van der Waals surface area contributed by atoms with E-state index >= 15 is 0 Å². The molecule has 0 unspecified atom stereocenters. The van der Waals surface area contributed by atoms with Gasteiger partial charge in [-0.25, -0.2) is 9.97 Å². The first kappa shape index (κ1) is 22.1. The highest BCUT2D eigenvalue weighted by Crippen LogP contribution is 2.39. The number of carbonyl (C=O) groups is 1. The highest BCUT2D eigenvalue weighted by atomic mass is 35.5. The van der Waals surface area contributed by atoms with Gasteiger partial charge in [0, 0.05) is 25.0 Å². The molecule has 166 valence electrons. The molecule has 0 saturated carbocycles. The molecule has 1 amide bonds. The molecule has 2 aliphatic rings. The molecule has 0 spiro atoms. The van der Waals surface area contributed by atoms with Gasteiger partial charge in [0.25, 0.3) is 5.91 Å². The standard InChI is InChI=1S/C24H19Cl2N5OS/c1-2-9-30-10-8-15-6-7-17(11-16(15)13-30)28-24-27-12-18-22(29-24)33-14-31(23(18)32)21-19(25)4-3-5-20(21)26/h1,3-7,11-12H,8-10,13-14H2,(H,27,28,29). The van der Waals surface area contributed by atoms with Crippen LogP contribution in [-0.4, -0.2) is 39.7 Å². The fraction of sp³-hybridized carbons (Fsp3) is 0.208. The second-order valence-corrected chi connectivity index (χ2v) is 9.51. The van der Waals surface area contributed by atoms with Crippen molar-refractivity contribution in [2.45, 2.75) is 18.0 Å². The molecule has 5 rings (SSSR count). The van der Waals surface area contributed by atoms with E-state index in [4.69, 9.17) is 29.6 Å². The second kappa shape index (κ2) is 9.24. The lowest BCUT2D eigenvalue weighted by Gasteiger charge is -2.29. The number of terminal acetylenes is 1. The van der Waals surface area contributed by atoms with Crippen molar-refractivity contribution in [2.75, 3.05) is 29.2 Å². The fourth-order valence-corrected chi connectivity index (χ4v) is 5.56. The lowest BCUT2D eigenvalue weighted by atomic mass is 9.99. The number of carbonyl (C=O) groups excluding carboxylic acids is 1. The maximum absolute atomic E-state index is 13.1. The van der Waals surface area contributed by atoms with E-state index in [2.05, 4.69) is 38.2 Å². The zero-order chi connectivity index (χ0) is 22.9. The SMILES string of the molecule is C#CCN1CCc2ccc(Nc3ncc4c(n3)SCN(c3c(Cl)cccc3Cl)C4=O)cc2C1. The number of hydrogen-bond acceptors (Lipinski definition) is 6. The fourth-order valence-electron chi connectivity index (χ4n) is 4.01. The van der Waals surface area contributed by atoms with Crippen molar-refractivity contribution >= 4 is 58.2 Å². The Morgan fingerprint density at radius 3 is 2.79 bits per heavy atom. The van der Waals surface area contributed by atoms with Crippen molar-refractivity contribution in [3.63, 3.8) is 0 Å². The van der Waals surface area contributed by atoms with Gasteiger partial charge < -0.3 is 5.32 Å². The first-order chi connectivity index (χ1) is 16.0. The van der Waals surface area contributed by atoms with Crippen LogP contribution < -0.4 is 10.2 Å². The molecule has 0 bridgehead atoms. The molecule has 1 aromatic heterocycles. The van der Waals surface area contributed by atoms with Gasteiger partial charge in [-0.2, -0.15) is 0 Å². The molecule has 3 aromatic rings. The number of fused-ring (bicyclic) bond motifs is 2. The largest absolute Gasteiger partial charge is 0.324 e. The van der Waals surface area contributed by atoms with Gasteiger partial charge in [0.1, 0.15) is 5.03 Å². The third-order valence-corrected chi connectivity index (χ3v) is 7.22. The molecule has 0 aliphatic carbocycles. The number of rotatable bonds is 4. The van der Waals surface area contributed by atoms with Gasteiger partial charge in [-0.15, -0.1) is 6.42 Å². The van der Waals surface area contributed by atoms with Crippen molar-refractivity contribution in [2.24, 2.45) is 0 Å². The Labute approximate surface area is 206 Å². The number of hydrogen-bond donors (Lipinski definition) is 1. The molecule has 0 radical (unpaired) electrons. The van der Waals surface area contributed by atoms with Crippen molar-refractivity contribution in [3.05, 3.63) is 69.3 Å². The number of thioether (sulfide) groups is 1. The normalized spacial score (nSPS) is 15.5. The Bertz CT molecular complexity index is 1270. The predicted octanol–water partition coefficient (Wildman–Crippen LogP) is 5.23. The van der Waals surface area contributed by atoms with Crippen molar-refractivity contribution in [3.8, 4) is 12.3 Å². The molecule has 3 heterocycles. The Kier molecular flexibility index (Phi) is 6.17. The minimum absolute atomic E-state index is 0.229. The average molecular weight is 496 g/mol.